The molecule has 0 amide bonds. The SMILES string of the molecule is COc1cc(CCOC(=O)CCCCC(C)C)ccc1O. The summed E-state index contributed by atoms with van der Waals surface area (Å²) in [5, 5.41) is 9.50. The zero-order valence-electron chi connectivity index (χ0n) is 13.2. The number of ether oxygens (including phenoxy) is 2. The van der Waals surface area contributed by atoms with Crippen molar-refractivity contribution < 1.29 is 19.4 Å². The second-order valence-corrected chi connectivity index (χ2v) is 5.62. The number of esters is 1. The van der Waals surface area contributed by atoms with Crippen LogP contribution in [0.3, 0.4) is 0 Å². The Balaban J connectivity index is 2.22. The third kappa shape index (κ3) is 7.02. The van der Waals surface area contributed by atoms with Gasteiger partial charge in [-0.05, 0) is 30.0 Å². The van der Waals surface area contributed by atoms with Gasteiger partial charge in [0.05, 0.1) is 13.7 Å². The number of carbonyl (C=O) groups is 1. The molecule has 0 saturated heterocycles. The van der Waals surface area contributed by atoms with Crippen LogP contribution in [0.25, 0.3) is 0 Å². The molecule has 1 aromatic rings. The monoisotopic (exact) mass is 294 g/mol. The molecule has 0 spiro atoms. The lowest BCUT2D eigenvalue weighted by atomic mass is 10.1. The van der Waals surface area contributed by atoms with Crippen LogP contribution >= 0.6 is 0 Å². The fourth-order valence-corrected chi connectivity index (χ4v) is 2.05. The summed E-state index contributed by atoms with van der Waals surface area (Å²) < 4.78 is 10.3. The van der Waals surface area contributed by atoms with Gasteiger partial charge in [-0.25, -0.2) is 0 Å². The van der Waals surface area contributed by atoms with E-state index in [2.05, 4.69) is 13.8 Å². The minimum Gasteiger partial charge on any atom is -0.504 e. The molecule has 0 aliphatic carbocycles. The molecule has 4 heteroatoms. The molecule has 0 aliphatic rings. The second kappa shape index (κ2) is 9.27. The zero-order chi connectivity index (χ0) is 15.7. The van der Waals surface area contributed by atoms with E-state index in [1.807, 2.05) is 0 Å². The Bertz CT molecular complexity index is 440. The maximum atomic E-state index is 11.6. The smallest absolute Gasteiger partial charge is 0.305 e. The summed E-state index contributed by atoms with van der Waals surface area (Å²) in [7, 11) is 1.51. The van der Waals surface area contributed by atoms with Crippen LogP contribution in [0.1, 0.15) is 45.1 Å². The van der Waals surface area contributed by atoms with Gasteiger partial charge in [-0.1, -0.05) is 32.8 Å². The number of methoxy groups -OCH3 is 1. The number of benzene rings is 1. The van der Waals surface area contributed by atoms with Crippen molar-refractivity contribution in [3.05, 3.63) is 23.8 Å². The van der Waals surface area contributed by atoms with Crippen LogP contribution in [0.2, 0.25) is 0 Å². The Morgan fingerprint density at radius 3 is 2.71 bits per heavy atom. The zero-order valence-corrected chi connectivity index (χ0v) is 13.2. The van der Waals surface area contributed by atoms with Gasteiger partial charge in [0.2, 0.25) is 0 Å². The van der Waals surface area contributed by atoms with Gasteiger partial charge in [0, 0.05) is 12.8 Å². The molecule has 1 aromatic carbocycles. The third-order valence-electron chi connectivity index (χ3n) is 3.31. The topological polar surface area (TPSA) is 55.8 Å². The molecule has 0 radical (unpaired) electrons. The molecule has 1 rings (SSSR count). The fourth-order valence-electron chi connectivity index (χ4n) is 2.05. The Morgan fingerprint density at radius 2 is 2.05 bits per heavy atom. The average Bonchev–Trinajstić information content (AvgIpc) is 2.45. The third-order valence-corrected chi connectivity index (χ3v) is 3.31. The molecule has 0 fully saturated rings. The molecule has 4 nitrogen and oxygen atoms in total. The van der Waals surface area contributed by atoms with Gasteiger partial charge in [0.15, 0.2) is 11.5 Å². The maximum absolute atomic E-state index is 11.6. The largest absolute Gasteiger partial charge is 0.504 e. The first kappa shape index (κ1) is 17.3. The molecule has 118 valence electrons. The molecule has 0 heterocycles. The van der Waals surface area contributed by atoms with Gasteiger partial charge < -0.3 is 14.6 Å². The van der Waals surface area contributed by atoms with E-state index in [1.54, 1.807) is 18.2 Å². The summed E-state index contributed by atoms with van der Waals surface area (Å²) >= 11 is 0. The van der Waals surface area contributed by atoms with Crippen molar-refractivity contribution in [1.82, 2.24) is 0 Å². The molecular formula is C17H26O4. The number of aromatic hydroxyl groups is 1. The Morgan fingerprint density at radius 1 is 1.29 bits per heavy atom. The summed E-state index contributed by atoms with van der Waals surface area (Å²) in [5.41, 5.74) is 0.970. The van der Waals surface area contributed by atoms with E-state index in [0.29, 0.717) is 31.1 Å². The van der Waals surface area contributed by atoms with Crippen LogP contribution in [0.4, 0.5) is 0 Å². The van der Waals surface area contributed by atoms with Crippen LogP contribution < -0.4 is 4.74 Å². The van der Waals surface area contributed by atoms with Gasteiger partial charge in [0.25, 0.3) is 0 Å². The van der Waals surface area contributed by atoms with Gasteiger partial charge in [-0.3, -0.25) is 4.79 Å². The Kier molecular flexibility index (Phi) is 7.65. The number of hydrogen-bond acceptors (Lipinski definition) is 4. The first-order valence-electron chi connectivity index (χ1n) is 7.54. The first-order chi connectivity index (χ1) is 10.0. The summed E-state index contributed by atoms with van der Waals surface area (Å²) in [5.74, 6) is 1.10. The highest BCUT2D eigenvalue weighted by molar-refractivity contribution is 5.69. The van der Waals surface area contributed by atoms with Crippen LogP contribution in [-0.4, -0.2) is 24.8 Å². The number of rotatable bonds is 9. The number of phenols is 1. The minimum atomic E-state index is -0.135. The molecule has 1 N–H and O–H groups in total. The summed E-state index contributed by atoms with van der Waals surface area (Å²) in [6.07, 6.45) is 4.23. The van der Waals surface area contributed by atoms with Crippen molar-refractivity contribution >= 4 is 5.97 Å². The highest BCUT2D eigenvalue weighted by atomic mass is 16.5. The lowest BCUT2D eigenvalue weighted by molar-refractivity contribution is -0.143. The van der Waals surface area contributed by atoms with Crippen LogP contribution in [0.15, 0.2) is 18.2 Å². The van der Waals surface area contributed by atoms with Crippen LogP contribution in [0.5, 0.6) is 11.5 Å². The van der Waals surface area contributed by atoms with E-state index in [4.69, 9.17) is 9.47 Å². The molecule has 21 heavy (non-hydrogen) atoms. The Labute approximate surface area is 127 Å². The van der Waals surface area contributed by atoms with Crippen LogP contribution in [-0.2, 0) is 16.0 Å². The van der Waals surface area contributed by atoms with Gasteiger partial charge in [-0.2, -0.15) is 0 Å². The molecule has 0 unspecified atom stereocenters. The van der Waals surface area contributed by atoms with Crippen molar-refractivity contribution in [2.45, 2.75) is 46.0 Å². The van der Waals surface area contributed by atoms with Crippen molar-refractivity contribution in [2.24, 2.45) is 5.92 Å². The molecule has 0 saturated carbocycles. The summed E-state index contributed by atoms with van der Waals surface area (Å²) in [6.45, 7) is 4.73. The van der Waals surface area contributed by atoms with E-state index in [0.717, 1.165) is 24.8 Å². The number of carbonyl (C=O) groups excluding carboxylic acids is 1. The van der Waals surface area contributed by atoms with Crippen molar-refractivity contribution in [3.63, 3.8) is 0 Å². The second-order valence-electron chi connectivity index (χ2n) is 5.62. The number of hydrogen-bond donors (Lipinski definition) is 1. The van der Waals surface area contributed by atoms with Crippen molar-refractivity contribution in [1.29, 1.82) is 0 Å². The highest BCUT2D eigenvalue weighted by Gasteiger charge is 2.06. The van der Waals surface area contributed by atoms with E-state index < -0.39 is 0 Å². The lowest BCUT2D eigenvalue weighted by Crippen LogP contribution is -2.07. The van der Waals surface area contributed by atoms with E-state index in [-0.39, 0.29) is 11.7 Å². The average molecular weight is 294 g/mol. The molecule has 0 aromatic heterocycles. The first-order valence-corrected chi connectivity index (χ1v) is 7.54. The number of phenolic OH excluding ortho intramolecular Hbond substituents is 1. The van der Waals surface area contributed by atoms with Crippen LogP contribution in [0, 0.1) is 5.92 Å². The molecule has 0 atom stereocenters. The van der Waals surface area contributed by atoms with E-state index in [1.165, 1.54) is 7.11 Å². The van der Waals surface area contributed by atoms with Gasteiger partial charge in [0.1, 0.15) is 0 Å². The minimum absolute atomic E-state index is 0.114. The lowest BCUT2D eigenvalue weighted by Gasteiger charge is -2.08. The standard InChI is InChI=1S/C17H26O4/c1-13(2)6-4-5-7-17(19)21-11-10-14-8-9-15(18)16(12-14)20-3/h8-9,12-13,18H,4-7,10-11H2,1-3H3. The van der Waals surface area contributed by atoms with Crippen molar-refractivity contribution in [2.75, 3.05) is 13.7 Å². The summed E-state index contributed by atoms with van der Waals surface area (Å²) in [4.78, 5) is 11.6. The molecule has 0 aliphatic heterocycles. The fraction of sp³-hybridized carbons (Fsp3) is 0.588. The summed E-state index contributed by atoms with van der Waals surface area (Å²) in [6, 6.07) is 5.14. The predicted molar refractivity (Wildman–Crippen MR) is 82.6 cm³/mol. The quantitative estimate of drug-likeness (QED) is 0.557. The maximum Gasteiger partial charge on any atom is 0.305 e. The normalized spacial score (nSPS) is 10.7. The van der Waals surface area contributed by atoms with Gasteiger partial charge >= 0.3 is 5.97 Å². The molecular weight excluding hydrogens is 268 g/mol. The van der Waals surface area contributed by atoms with Crippen molar-refractivity contribution in [3.8, 4) is 11.5 Å². The Hall–Kier alpha value is -1.71. The van der Waals surface area contributed by atoms with E-state index in [9.17, 15) is 9.90 Å². The number of unbranched alkanes of at least 4 members (excludes halogenated alkanes) is 1. The predicted octanol–water partition coefficient (Wildman–Crippen LogP) is 3.70. The molecule has 0 bridgehead atoms. The van der Waals surface area contributed by atoms with E-state index >= 15 is 0 Å². The van der Waals surface area contributed by atoms with Gasteiger partial charge in [-0.15, -0.1) is 0 Å². The highest BCUT2D eigenvalue weighted by Crippen LogP contribution is 2.26.